The quantitative estimate of drug-likeness (QED) is 0.319. The van der Waals surface area contributed by atoms with E-state index in [1.165, 1.54) is 0 Å². The SMILES string of the molecule is CCCCC[C@H](O)/C=C/[C@@H]1C(C/C=C\CCCC(=O)O)[C@H](O)C[C@H]1O. The van der Waals surface area contributed by atoms with Crippen LogP contribution in [-0.4, -0.2) is 44.7 Å². The number of hydrogen-bond acceptors (Lipinski definition) is 4. The number of hydrogen-bond donors (Lipinski definition) is 4. The summed E-state index contributed by atoms with van der Waals surface area (Å²) in [5, 5.41) is 39.0. The molecule has 4 N–H and O–H groups in total. The lowest BCUT2D eigenvalue weighted by atomic mass is 9.89. The normalized spacial score (nSPS) is 28.2. The van der Waals surface area contributed by atoms with Crippen molar-refractivity contribution in [2.75, 3.05) is 0 Å². The van der Waals surface area contributed by atoms with Gasteiger partial charge in [0, 0.05) is 18.8 Å². The van der Waals surface area contributed by atoms with Crippen molar-refractivity contribution in [1.29, 1.82) is 0 Å². The Morgan fingerprint density at radius 1 is 1.16 bits per heavy atom. The molecule has 0 amide bonds. The number of rotatable bonds is 12. The molecule has 0 heterocycles. The maximum Gasteiger partial charge on any atom is 0.303 e. The van der Waals surface area contributed by atoms with Gasteiger partial charge in [-0.25, -0.2) is 0 Å². The highest BCUT2D eigenvalue weighted by Crippen LogP contribution is 2.36. The second-order valence-electron chi connectivity index (χ2n) is 7.05. The highest BCUT2D eigenvalue weighted by molar-refractivity contribution is 5.66. The number of aliphatic hydroxyl groups is 3. The van der Waals surface area contributed by atoms with Crippen LogP contribution >= 0.6 is 0 Å². The summed E-state index contributed by atoms with van der Waals surface area (Å²) in [5.74, 6) is -1.00. The molecule has 5 atom stereocenters. The number of allylic oxidation sites excluding steroid dienone is 2. The van der Waals surface area contributed by atoms with E-state index in [9.17, 15) is 20.1 Å². The predicted octanol–water partition coefficient (Wildman–Crippen LogP) is 3.04. The van der Waals surface area contributed by atoms with Crippen LogP contribution in [-0.2, 0) is 4.79 Å². The molecule has 25 heavy (non-hydrogen) atoms. The summed E-state index contributed by atoms with van der Waals surface area (Å²) in [5.41, 5.74) is 0. The number of carboxylic acid groups (broad SMARTS) is 1. The zero-order valence-electron chi connectivity index (χ0n) is 15.3. The first-order valence-corrected chi connectivity index (χ1v) is 9.55. The molecule has 5 heteroatoms. The first-order valence-electron chi connectivity index (χ1n) is 9.55. The van der Waals surface area contributed by atoms with Crippen molar-refractivity contribution in [2.24, 2.45) is 11.8 Å². The molecule has 0 bridgehead atoms. The van der Waals surface area contributed by atoms with Crippen LogP contribution in [0.2, 0.25) is 0 Å². The van der Waals surface area contributed by atoms with E-state index in [2.05, 4.69) is 6.92 Å². The zero-order valence-corrected chi connectivity index (χ0v) is 15.3. The Bertz CT molecular complexity index is 432. The highest BCUT2D eigenvalue weighted by atomic mass is 16.4. The molecular weight excluding hydrogens is 320 g/mol. The number of carboxylic acids is 1. The molecule has 1 fully saturated rings. The number of carbonyl (C=O) groups is 1. The first kappa shape index (κ1) is 21.9. The lowest BCUT2D eigenvalue weighted by molar-refractivity contribution is -0.137. The van der Waals surface area contributed by atoms with Crippen molar-refractivity contribution < 1.29 is 25.2 Å². The molecule has 5 nitrogen and oxygen atoms in total. The van der Waals surface area contributed by atoms with Crippen molar-refractivity contribution in [2.45, 2.75) is 83.0 Å². The highest BCUT2D eigenvalue weighted by Gasteiger charge is 2.39. The third-order valence-electron chi connectivity index (χ3n) is 4.91. The Labute approximate surface area is 151 Å². The second kappa shape index (κ2) is 12.2. The van der Waals surface area contributed by atoms with Crippen LogP contribution in [0.5, 0.6) is 0 Å². The molecule has 144 valence electrons. The van der Waals surface area contributed by atoms with Crippen LogP contribution in [0.1, 0.15) is 64.7 Å². The second-order valence-corrected chi connectivity index (χ2v) is 7.05. The fourth-order valence-corrected chi connectivity index (χ4v) is 3.41. The molecule has 0 radical (unpaired) electrons. The van der Waals surface area contributed by atoms with E-state index in [1.54, 1.807) is 6.08 Å². The van der Waals surface area contributed by atoms with Gasteiger partial charge in [-0.15, -0.1) is 0 Å². The summed E-state index contributed by atoms with van der Waals surface area (Å²) in [7, 11) is 0. The van der Waals surface area contributed by atoms with E-state index in [0.29, 0.717) is 25.7 Å². The average Bonchev–Trinajstić information content (AvgIpc) is 2.82. The first-order chi connectivity index (χ1) is 12.0. The summed E-state index contributed by atoms with van der Waals surface area (Å²) in [6, 6.07) is 0. The van der Waals surface area contributed by atoms with Gasteiger partial charge in [0.2, 0.25) is 0 Å². The molecule has 1 aliphatic carbocycles. The smallest absolute Gasteiger partial charge is 0.303 e. The minimum absolute atomic E-state index is 0.0650. The van der Waals surface area contributed by atoms with Crippen molar-refractivity contribution in [1.82, 2.24) is 0 Å². The van der Waals surface area contributed by atoms with E-state index in [-0.39, 0.29) is 18.3 Å². The summed E-state index contributed by atoms with van der Waals surface area (Å²) < 4.78 is 0. The van der Waals surface area contributed by atoms with Crippen LogP contribution in [0.25, 0.3) is 0 Å². The van der Waals surface area contributed by atoms with Crippen molar-refractivity contribution in [3.05, 3.63) is 24.3 Å². The zero-order chi connectivity index (χ0) is 18.7. The monoisotopic (exact) mass is 354 g/mol. The van der Waals surface area contributed by atoms with Gasteiger partial charge in [0.15, 0.2) is 0 Å². The molecule has 1 unspecified atom stereocenters. The molecule has 0 aromatic carbocycles. The topological polar surface area (TPSA) is 98.0 Å². The molecular formula is C20H34O5. The average molecular weight is 354 g/mol. The standard InChI is InChI=1S/C20H34O5/c1-2-3-6-9-15(21)12-13-17-16(18(22)14-19(17)23)10-7-4-5-8-11-20(24)25/h4,7,12-13,15-19,21-23H,2-3,5-6,8-11,14H2,1H3,(H,24,25)/b7-4-,13-12+/t15-,16?,17+,18+,19+/m0/s1. The van der Waals surface area contributed by atoms with Gasteiger partial charge in [-0.2, -0.15) is 0 Å². The summed E-state index contributed by atoms with van der Waals surface area (Å²) >= 11 is 0. The Morgan fingerprint density at radius 2 is 1.92 bits per heavy atom. The van der Waals surface area contributed by atoms with E-state index in [4.69, 9.17) is 5.11 Å². The third kappa shape index (κ3) is 8.66. The number of aliphatic hydroxyl groups excluding tert-OH is 3. The fourth-order valence-electron chi connectivity index (χ4n) is 3.41. The van der Waals surface area contributed by atoms with Gasteiger partial charge >= 0.3 is 5.97 Å². The van der Waals surface area contributed by atoms with E-state index in [1.807, 2.05) is 18.2 Å². The van der Waals surface area contributed by atoms with E-state index < -0.39 is 24.3 Å². The van der Waals surface area contributed by atoms with Crippen LogP contribution in [0, 0.1) is 11.8 Å². The van der Waals surface area contributed by atoms with Crippen molar-refractivity contribution in [3.8, 4) is 0 Å². The molecule has 0 aromatic rings. The van der Waals surface area contributed by atoms with Gasteiger partial charge in [-0.05, 0) is 31.6 Å². The third-order valence-corrected chi connectivity index (χ3v) is 4.91. The largest absolute Gasteiger partial charge is 0.481 e. The predicted molar refractivity (Wildman–Crippen MR) is 98.1 cm³/mol. The van der Waals surface area contributed by atoms with Gasteiger partial charge in [0.1, 0.15) is 0 Å². The Kier molecular flexibility index (Phi) is 10.7. The van der Waals surface area contributed by atoms with Crippen LogP contribution in [0.15, 0.2) is 24.3 Å². The molecule has 1 saturated carbocycles. The van der Waals surface area contributed by atoms with Gasteiger partial charge in [-0.1, -0.05) is 50.5 Å². The maximum absolute atomic E-state index is 10.5. The summed E-state index contributed by atoms with van der Waals surface area (Å²) in [6.45, 7) is 2.12. The van der Waals surface area contributed by atoms with Gasteiger partial charge in [-0.3, -0.25) is 4.79 Å². The summed E-state index contributed by atoms with van der Waals surface area (Å²) in [4.78, 5) is 10.5. The minimum atomic E-state index is -0.787. The number of aliphatic carboxylic acids is 1. The van der Waals surface area contributed by atoms with E-state index >= 15 is 0 Å². The van der Waals surface area contributed by atoms with Crippen LogP contribution < -0.4 is 0 Å². The van der Waals surface area contributed by atoms with Gasteiger partial charge < -0.3 is 20.4 Å². The molecule has 1 aliphatic rings. The van der Waals surface area contributed by atoms with Crippen molar-refractivity contribution in [3.63, 3.8) is 0 Å². The van der Waals surface area contributed by atoms with Crippen molar-refractivity contribution >= 4 is 5.97 Å². The molecule has 0 aliphatic heterocycles. The lowest BCUT2D eigenvalue weighted by Crippen LogP contribution is -2.20. The minimum Gasteiger partial charge on any atom is -0.481 e. The molecule has 0 spiro atoms. The molecule has 0 aromatic heterocycles. The lowest BCUT2D eigenvalue weighted by Gasteiger charge is -2.19. The Morgan fingerprint density at radius 3 is 2.60 bits per heavy atom. The van der Waals surface area contributed by atoms with E-state index in [0.717, 1.165) is 25.7 Å². The molecule has 0 saturated heterocycles. The fraction of sp³-hybridized carbons (Fsp3) is 0.750. The van der Waals surface area contributed by atoms with Gasteiger partial charge in [0.05, 0.1) is 18.3 Å². The Balaban J connectivity index is 2.46. The maximum atomic E-state index is 10.5. The van der Waals surface area contributed by atoms with Gasteiger partial charge in [0.25, 0.3) is 0 Å². The molecule has 1 rings (SSSR count). The Hall–Kier alpha value is -1.17. The van der Waals surface area contributed by atoms with Crippen LogP contribution in [0.4, 0.5) is 0 Å². The number of unbranched alkanes of at least 4 members (excludes halogenated alkanes) is 3. The van der Waals surface area contributed by atoms with Crippen LogP contribution in [0.3, 0.4) is 0 Å². The summed E-state index contributed by atoms with van der Waals surface area (Å²) in [6.07, 6.45) is 12.3.